The number of benzene rings is 3. The number of rotatable bonds is 5. The molecule has 1 aromatic heterocycles. The first-order chi connectivity index (χ1) is 14.1. The second kappa shape index (κ2) is 8.61. The van der Waals surface area contributed by atoms with E-state index in [1.165, 1.54) is 9.13 Å². The van der Waals surface area contributed by atoms with Gasteiger partial charge in [-0.25, -0.2) is 5.43 Å². The van der Waals surface area contributed by atoms with Crippen LogP contribution in [0, 0.1) is 10.5 Å². The fourth-order valence-electron chi connectivity index (χ4n) is 3.31. The molecule has 0 atom stereocenters. The molecule has 1 heterocycles. The molecule has 0 fully saturated rings. The van der Waals surface area contributed by atoms with Gasteiger partial charge in [-0.05, 0) is 65.4 Å². The van der Waals surface area contributed by atoms with Gasteiger partial charge < -0.3 is 4.57 Å². The van der Waals surface area contributed by atoms with Crippen molar-refractivity contribution in [1.29, 1.82) is 0 Å². The molecule has 1 amide bonds. The Morgan fingerprint density at radius 2 is 1.86 bits per heavy atom. The van der Waals surface area contributed by atoms with Crippen molar-refractivity contribution in [3.05, 3.63) is 105 Å². The Morgan fingerprint density at radius 3 is 2.66 bits per heavy atom. The summed E-state index contributed by atoms with van der Waals surface area (Å²) in [5.74, 6) is -0.215. The third-order valence-electron chi connectivity index (χ3n) is 4.74. The summed E-state index contributed by atoms with van der Waals surface area (Å²) in [6.07, 6.45) is 3.78. The molecule has 0 unspecified atom stereocenters. The minimum atomic E-state index is -0.215. The van der Waals surface area contributed by atoms with E-state index >= 15 is 0 Å². The smallest absolute Gasteiger partial charge is 0.271 e. The Hall–Kier alpha value is -2.93. The Kier molecular flexibility index (Phi) is 5.76. The van der Waals surface area contributed by atoms with Crippen LogP contribution in [0.2, 0.25) is 0 Å². The Labute approximate surface area is 183 Å². The number of hydrazone groups is 1. The highest BCUT2D eigenvalue weighted by molar-refractivity contribution is 14.1. The fraction of sp³-hybridized carbons (Fsp3) is 0.0833. The Morgan fingerprint density at radius 1 is 1.07 bits per heavy atom. The maximum atomic E-state index is 12.3. The summed E-state index contributed by atoms with van der Waals surface area (Å²) >= 11 is 2.31. The van der Waals surface area contributed by atoms with E-state index in [1.807, 2.05) is 37.3 Å². The largest absolute Gasteiger partial charge is 0.342 e. The zero-order valence-corrected chi connectivity index (χ0v) is 18.1. The topological polar surface area (TPSA) is 46.4 Å². The van der Waals surface area contributed by atoms with Gasteiger partial charge in [-0.1, -0.05) is 48.0 Å². The number of hydrogen-bond acceptors (Lipinski definition) is 2. The summed E-state index contributed by atoms with van der Waals surface area (Å²) in [6, 6.07) is 24.2. The van der Waals surface area contributed by atoms with Gasteiger partial charge in [0.05, 0.1) is 6.21 Å². The van der Waals surface area contributed by atoms with Crippen molar-refractivity contribution < 1.29 is 4.79 Å². The second-order valence-electron chi connectivity index (χ2n) is 6.92. The minimum absolute atomic E-state index is 0.215. The highest BCUT2D eigenvalue weighted by atomic mass is 127. The third kappa shape index (κ3) is 4.56. The summed E-state index contributed by atoms with van der Waals surface area (Å²) < 4.78 is 3.43. The lowest BCUT2D eigenvalue weighted by Gasteiger charge is -2.05. The monoisotopic (exact) mass is 493 g/mol. The number of fused-ring (bicyclic) bond motifs is 1. The minimum Gasteiger partial charge on any atom is -0.342 e. The molecular formula is C24H20IN3O. The molecule has 29 heavy (non-hydrogen) atoms. The maximum Gasteiger partial charge on any atom is 0.271 e. The average Bonchev–Trinajstić information content (AvgIpc) is 3.07. The van der Waals surface area contributed by atoms with Crippen molar-refractivity contribution in [2.75, 3.05) is 0 Å². The van der Waals surface area contributed by atoms with E-state index in [-0.39, 0.29) is 5.91 Å². The molecule has 0 aliphatic rings. The Balaban J connectivity index is 1.56. The first-order valence-electron chi connectivity index (χ1n) is 9.32. The van der Waals surface area contributed by atoms with Gasteiger partial charge in [-0.15, -0.1) is 0 Å². The van der Waals surface area contributed by atoms with E-state index in [0.717, 1.165) is 28.6 Å². The first kappa shape index (κ1) is 19.4. The van der Waals surface area contributed by atoms with E-state index < -0.39 is 0 Å². The lowest BCUT2D eigenvalue weighted by Crippen LogP contribution is -2.17. The van der Waals surface area contributed by atoms with Crippen molar-refractivity contribution in [2.45, 2.75) is 13.5 Å². The summed E-state index contributed by atoms with van der Waals surface area (Å²) in [7, 11) is 0. The summed E-state index contributed by atoms with van der Waals surface area (Å²) in [4.78, 5) is 12.3. The molecule has 0 aliphatic carbocycles. The highest BCUT2D eigenvalue weighted by Crippen LogP contribution is 2.21. The van der Waals surface area contributed by atoms with Crippen LogP contribution in [0.15, 0.2) is 84.1 Å². The summed E-state index contributed by atoms with van der Waals surface area (Å²) in [5.41, 5.74) is 7.61. The second-order valence-corrected chi connectivity index (χ2v) is 8.17. The van der Waals surface area contributed by atoms with Crippen molar-refractivity contribution >= 4 is 45.6 Å². The molecule has 0 bridgehead atoms. The summed E-state index contributed by atoms with van der Waals surface area (Å²) in [5, 5.41) is 5.29. The number of nitrogens with zero attached hydrogens (tertiary/aromatic N) is 2. The Bertz CT molecular complexity index is 1190. The van der Waals surface area contributed by atoms with Gasteiger partial charge in [0.1, 0.15) is 0 Å². The average molecular weight is 493 g/mol. The molecule has 0 radical (unpaired) electrons. The van der Waals surface area contributed by atoms with Gasteiger partial charge in [-0.2, -0.15) is 5.10 Å². The predicted octanol–water partition coefficient (Wildman–Crippen LogP) is 5.37. The number of aryl methyl sites for hydroxylation is 1. The maximum absolute atomic E-state index is 12.3. The molecule has 0 spiro atoms. The third-order valence-corrected chi connectivity index (χ3v) is 5.45. The zero-order chi connectivity index (χ0) is 20.2. The molecular weight excluding hydrogens is 473 g/mol. The van der Waals surface area contributed by atoms with Crippen LogP contribution in [0.4, 0.5) is 0 Å². The summed E-state index contributed by atoms with van der Waals surface area (Å²) in [6.45, 7) is 2.74. The molecule has 3 aromatic carbocycles. The molecule has 4 nitrogen and oxygen atoms in total. The standard InChI is InChI=1S/C24H20IN3O/c1-17-5-4-6-19(13-17)24(29)27-26-14-20-16-28(23-8-3-2-7-22(20)23)15-18-9-11-21(25)12-10-18/h2-14,16H,15H2,1H3,(H,27,29)/b26-14-. The number of carbonyl (C=O) groups excluding carboxylic acids is 1. The molecule has 144 valence electrons. The van der Waals surface area contributed by atoms with Crippen LogP contribution >= 0.6 is 22.6 Å². The number of nitrogens with one attached hydrogen (secondary N) is 1. The van der Waals surface area contributed by atoms with Crippen LogP contribution in [0.1, 0.15) is 27.0 Å². The first-order valence-corrected chi connectivity index (χ1v) is 10.4. The van der Waals surface area contributed by atoms with Crippen LogP contribution in [0.3, 0.4) is 0 Å². The van der Waals surface area contributed by atoms with Crippen molar-refractivity contribution in [3.8, 4) is 0 Å². The van der Waals surface area contributed by atoms with E-state index in [1.54, 1.807) is 12.3 Å². The van der Waals surface area contributed by atoms with Crippen molar-refractivity contribution in [2.24, 2.45) is 5.10 Å². The highest BCUT2D eigenvalue weighted by Gasteiger charge is 2.08. The number of aromatic nitrogens is 1. The molecule has 0 saturated heterocycles. The van der Waals surface area contributed by atoms with Crippen LogP contribution in [-0.4, -0.2) is 16.7 Å². The van der Waals surface area contributed by atoms with Crippen LogP contribution < -0.4 is 5.43 Å². The molecule has 5 heteroatoms. The number of halogens is 1. The quantitative estimate of drug-likeness (QED) is 0.227. The molecule has 0 saturated carbocycles. The molecule has 4 aromatic rings. The van der Waals surface area contributed by atoms with E-state index in [9.17, 15) is 4.79 Å². The number of para-hydroxylation sites is 1. The predicted molar refractivity (Wildman–Crippen MR) is 126 cm³/mol. The fourth-order valence-corrected chi connectivity index (χ4v) is 3.67. The lowest BCUT2D eigenvalue weighted by atomic mass is 10.1. The zero-order valence-electron chi connectivity index (χ0n) is 16.0. The van der Waals surface area contributed by atoms with Gasteiger partial charge in [0.25, 0.3) is 5.91 Å². The van der Waals surface area contributed by atoms with Gasteiger partial charge in [0, 0.05) is 38.3 Å². The van der Waals surface area contributed by atoms with Crippen molar-refractivity contribution in [3.63, 3.8) is 0 Å². The van der Waals surface area contributed by atoms with E-state index in [2.05, 4.69) is 80.3 Å². The van der Waals surface area contributed by atoms with Gasteiger partial charge >= 0.3 is 0 Å². The number of amides is 1. The molecule has 1 N–H and O–H groups in total. The molecule has 0 aliphatic heterocycles. The SMILES string of the molecule is Cc1cccc(C(=O)N/N=C\c2cn(Cc3ccc(I)cc3)c3ccccc23)c1. The molecule has 4 rings (SSSR count). The van der Waals surface area contributed by atoms with E-state index in [0.29, 0.717) is 5.56 Å². The number of carbonyl (C=O) groups is 1. The van der Waals surface area contributed by atoms with Gasteiger partial charge in [0.2, 0.25) is 0 Å². The van der Waals surface area contributed by atoms with E-state index in [4.69, 9.17) is 0 Å². The van der Waals surface area contributed by atoms with Crippen LogP contribution in [0.25, 0.3) is 10.9 Å². The number of hydrogen-bond donors (Lipinski definition) is 1. The normalized spacial score (nSPS) is 11.2. The lowest BCUT2D eigenvalue weighted by molar-refractivity contribution is 0.0955. The van der Waals surface area contributed by atoms with Gasteiger partial charge in [0.15, 0.2) is 0 Å². The van der Waals surface area contributed by atoms with Gasteiger partial charge in [-0.3, -0.25) is 4.79 Å². The van der Waals surface area contributed by atoms with Crippen molar-refractivity contribution in [1.82, 2.24) is 9.99 Å². The van der Waals surface area contributed by atoms with Crippen LogP contribution in [-0.2, 0) is 6.54 Å². The van der Waals surface area contributed by atoms with Crippen LogP contribution in [0.5, 0.6) is 0 Å².